The van der Waals surface area contributed by atoms with Crippen LogP contribution in [0, 0.1) is 0 Å². The number of benzene rings is 2. The Morgan fingerprint density at radius 2 is 1.89 bits per heavy atom. The molecular formula is C14H10N2O2. The van der Waals surface area contributed by atoms with Crippen LogP contribution in [0.4, 0.5) is 0 Å². The molecule has 0 spiro atoms. The highest BCUT2D eigenvalue weighted by molar-refractivity contribution is 5.88. The summed E-state index contributed by atoms with van der Waals surface area (Å²) in [6.45, 7) is 0. The number of carbonyl (C=O) groups is 1. The summed E-state index contributed by atoms with van der Waals surface area (Å²) in [7, 11) is 0. The van der Waals surface area contributed by atoms with Gasteiger partial charge >= 0.3 is 5.97 Å². The van der Waals surface area contributed by atoms with Crippen LogP contribution < -0.4 is 0 Å². The number of nitrogens with zero attached hydrogens (tertiary/aromatic N) is 2. The summed E-state index contributed by atoms with van der Waals surface area (Å²) < 4.78 is 0. The van der Waals surface area contributed by atoms with Crippen LogP contribution in [-0.4, -0.2) is 11.1 Å². The van der Waals surface area contributed by atoms with Crippen molar-refractivity contribution in [2.75, 3.05) is 0 Å². The standard InChI is InChI=1S/C14H10N2O2/c17-13(18)14(7-8-15-16-14)12-6-5-10-3-1-2-4-11(10)9-12/h1-9H,(H,17,18). The fourth-order valence-electron chi connectivity index (χ4n) is 2.12. The molecular weight excluding hydrogens is 228 g/mol. The number of carboxylic acids is 1. The van der Waals surface area contributed by atoms with Crippen LogP contribution in [0.15, 0.2) is 65.0 Å². The number of hydrogen-bond donors (Lipinski definition) is 1. The molecule has 2 aromatic rings. The lowest BCUT2D eigenvalue weighted by molar-refractivity contribution is -0.141. The molecule has 0 bridgehead atoms. The zero-order chi connectivity index (χ0) is 12.6. The molecule has 2 aromatic carbocycles. The van der Waals surface area contributed by atoms with E-state index in [1.54, 1.807) is 6.07 Å². The van der Waals surface area contributed by atoms with Crippen LogP contribution in [0.25, 0.3) is 10.8 Å². The molecule has 4 nitrogen and oxygen atoms in total. The molecule has 1 aliphatic heterocycles. The van der Waals surface area contributed by atoms with Crippen LogP contribution in [-0.2, 0) is 10.3 Å². The number of aliphatic carboxylic acids is 1. The van der Waals surface area contributed by atoms with Gasteiger partial charge in [-0.05, 0) is 28.5 Å². The van der Waals surface area contributed by atoms with E-state index in [1.807, 2.05) is 36.4 Å². The van der Waals surface area contributed by atoms with Gasteiger partial charge in [-0.2, -0.15) is 10.2 Å². The summed E-state index contributed by atoms with van der Waals surface area (Å²) >= 11 is 0. The van der Waals surface area contributed by atoms with Crippen molar-refractivity contribution in [2.45, 2.75) is 5.54 Å². The summed E-state index contributed by atoms with van der Waals surface area (Å²) in [6, 6.07) is 13.3. The summed E-state index contributed by atoms with van der Waals surface area (Å²) in [5, 5.41) is 19.0. The van der Waals surface area contributed by atoms with Crippen molar-refractivity contribution in [1.29, 1.82) is 0 Å². The lowest BCUT2D eigenvalue weighted by atomic mass is 9.89. The highest BCUT2D eigenvalue weighted by atomic mass is 16.4. The molecule has 0 aliphatic carbocycles. The lowest BCUT2D eigenvalue weighted by Gasteiger charge is -2.18. The van der Waals surface area contributed by atoms with Crippen molar-refractivity contribution in [3.63, 3.8) is 0 Å². The van der Waals surface area contributed by atoms with E-state index in [0.29, 0.717) is 5.56 Å². The fraction of sp³-hybridized carbons (Fsp3) is 0.0714. The van der Waals surface area contributed by atoms with E-state index in [1.165, 1.54) is 12.3 Å². The van der Waals surface area contributed by atoms with Gasteiger partial charge in [-0.3, -0.25) is 0 Å². The molecule has 0 aromatic heterocycles. The third-order valence-corrected chi connectivity index (χ3v) is 3.11. The summed E-state index contributed by atoms with van der Waals surface area (Å²) in [4.78, 5) is 11.5. The second-order valence-electron chi connectivity index (χ2n) is 4.16. The highest BCUT2D eigenvalue weighted by Crippen LogP contribution is 2.33. The van der Waals surface area contributed by atoms with Crippen LogP contribution in [0.5, 0.6) is 0 Å². The minimum atomic E-state index is -1.37. The first-order valence-corrected chi connectivity index (χ1v) is 5.55. The highest BCUT2D eigenvalue weighted by Gasteiger charge is 2.40. The predicted octanol–water partition coefficient (Wildman–Crippen LogP) is 3.10. The van der Waals surface area contributed by atoms with Crippen LogP contribution >= 0.6 is 0 Å². The molecule has 1 unspecified atom stereocenters. The minimum Gasteiger partial charge on any atom is -0.479 e. The Morgan fingerprint density at radius 1 is 1.11 bits per heavy atom. The molecule has 1 aliphatic rings. The number of azo groups is 1. The Bertz CT molecular complexity index is 677. The van der Waals surface area contributed by atoms with Crippen LogP contribution in [0.1, 0.15) is 5.56 Å². The van der Waals surface area contributed by atoms with Gasteiger partial charge in [0.05, 0.1) is 0 Å². The molecule has 3 rings (SSSR count). The van der Waals surface area contributed by atoms with E-state index in [4.69, 9.17) is 0 Å². The van der Waals surface area contributed by atoms with Gasteiger partial charge in [-0.25, -0.2) is 4.79 Å². The van der Waals surface area contributed by atoms with E-state index in [2.05, 4.69) is 10.2 Å². The van der Waals surface area contributed by atoms with E-state index < -0.39 is 11.5 Å². The summed E-state index contributed by atoms with van der Waals surface area (Å²) in [5.41, 5.74) is -0.754. The van der Waals surface area contributed by atoms with E-state index in [0.717, 1.165) is 10.8 Å². The van der Waals surface area contributed by atoms with Gasteiger partial charge < -0.3 is 5.11 Å². The molecule has 0 amide bonds. The first-order chi connectivity index (χ1) is 8.72. The molecule has 0 saturated heterocycles. The maximum atomic E-state index is 11.5. The second-order valence-corrected chi connectivity index (χ2v) is 4.16. The zero-order valence-electron chi connectivity index (χ0n) is 9.45. The Hall–Kier alpha value is -2.49. The Labute approximate surface area is 103 Å². The molecule has 88 valence electrons. The molecule has 0 fully saturated rings. The molecule has 0 radical (unpaired) electrons. The minimum absolute atomic E-state index is 0.617. The Morgan fingerprint density at radius 3 is 2.56 bits per heavy atom. The average Bonchev–Trinajstić information content (AvgIpc) is 2.89. The summed E-state index contributed by atoms with van der Waals surface area (Å²) in [6.07, 6.45) is 2.92. The largest absolute Gasteiger partial charge is 0.479 e. The van der Waals surface area contributed by atoms with Gasteiger partial charge in [0, 0.05) is 6.20 Å². The quantitative estimate of drug-likeness (QED) is 0.873. The van der Waals surface area contributed by atoms with E-state index >= 15 is 0 Å². The molecule has 1 atom stereocenters. The van der Waals surface area contributed by atoms with Gasteiger partial charge in [0.1, 0.15) is 0 Å². The van der Waals surface area contributed by atoms with Crippen molar-refractivity contribution in [1.82, 2.24) is 0 Å². The maximum absolute atomic E-state index is 11.5. The number of rotatable bonds is 2. The first kappa shape index (κ1) is 10.7. The molecule has 0 saturated carbocycles. The van der Waals surface area contributed by atoms with Crippen molar-refractivity contribution >= 4 is 16.7 Å². The van der Waals surface area contributed by atoms with Gasteiger partial charge in [-0.15, -0.1) is 0 Å². The molecule has 1 N–H and O–H groups in total. The van der Waals surface area contributed by atoms with Crippen molar-refractivity contribution in [2.24, 2.45) is 10.2 Å². The lowest BCUT2D eigenvalue weighted by Crippen LogP contribution is -2.29. The Kier molecular flexibility index (Phi) is 2.23. The summed E-state index contributed by atoms with van der Waals surface area (Å²) in [5.74, 6) is -1.02. The van der Waals surface area contributed by atoms with Gasteiger partial charge in [0.2, 0.25) is 5.54 Å². The average molecular weight is 238 g/mol. The zero-order valence-corrected chi connectivity index (χ0v) is 9.45. The topological polar surface area (TPSA) is 62.0 Å². The van der Waals surface area contributed by atoms with Gasteiger partial charge in [0.25, 0.3) is 0 Å². The maximum Gasteiger partial charge on any atom is 0.342 e. The Balaban J connectivity index is 2.22. The number of carboxylic acid groups (broad SMARTS) is 1. The second kappa shape index (κ2) is 3.77. The molecule has 1 heterocycles. The third-order valence-electron chi connectivity index (χ3n) is 3.11. The van der Waals surface area contributed by atoms with Crippen LogP contribution in [0.3, 0.4) is 0 Å². The normalized spacial score (nSPS) is 21.6. The third kappa shape index (κ3) is 1.43. The van der Waals surface area contributed by atoms with E-state index in [9.17, 15) is 9.90 Å². The van der Waals surface area contributed by atoms with Crippen molar-refractivity contribution in [3.8, 4) is 0 Å². The van der Waals surface area contributed by atoms with Gasteiger partial charge in [-0.1, -0.05) is 36.4 Å². The number of fused-ring (bicyclic) bond motifs is 1. The number of hydrogen-bond acceptors (Lipinski definition) is 3. The molecule has 4 heteroatoms. The fourth-order valence-corrected chi connectivity index (χ4v) is 2.12. The monoisotopic (exact) mass is 238 g/mol. The molecule has 18 heavy (non-hydrogen) atoms. The van der Waals surface area contributed by atoms with E-state index in [-0.39, 0.29) is 0 Å². The predicted molar refractivity (Wildman–Crippen MR) is 67.3 cm³/mol. The SMILES string of the molecule is O=C(O)C1(c2ccc3ccccc3c2)C=CN=N1. The van der Waals surface area contributed by atoms with Crippen LogP contribution in [0.2, 0.25) is 0 Å². The smallest absolute Gasteiger partial charge is 0.342 e. The van der Waals surface area contributed by atoms with Crippen molar-refractivity contribution in [3.05, 3.63) is 60.3 Å². The van der Waals surface area contributed by atoms with Crippen molar-refractivity contribution < 1.29 is 9.90 Å². The van der Waals surface area contributed by atoms with Gasteiger partial charge in [0.15, 0.2) is 0 Å². The first-order valence-electron chi connectivity index (χ1n) is 5.55.